The Kier molecular flexibility index (Phi) is 6.40. The van der Waals surface area contributed by atoms with E-state index >= 15 is 0 Å². The average Bonchev–Trinajstić information content (AvgIpc) is 3.35. The standard InChI is InChI=1S/C26H29NO4/c1-3-7-23(26(28)29)21-14-19-10-11-22(16-20(19)15-21)30-13-12-24-17(2)31-25(27-24)18-8-5-4-6-9-18/h4-6,8-11,16,21,23H,3,7,12-15H2,1-2H3,(H,28,29). The molecule has 31 heavy (non-hydrogen) atoms. The number of oxazole rings is 1. The van der Waals surface area contributed by atoms with Crippen molar-refractivity contribution in [3.05, 3.63) is 71.1 Å². The normalized spacial score (nSPS) is 16.1. The SMILES string of the molecule is CCCC(C(=O)O)C1Cc2ccc(OCCc3nc(-c4ccccc4)oc3C)cc2C1. The zero-order chi connectivity index (χ0) is 21.8. The molecule has 0 aliphatic heterocycles. The van der Waals surface area contributed by atoms with Gasteiger partial charge in [-0.3, -0.25) is 4.79 Å². The number of benzene rings is 2. The van der Waals surface area contributed by atoms with E-state index in [1.54, 1.807) is 0 Å². The van der Waals surface area contributed by atoms with Gasteiger partial charge in [0, 0.05) is 12.0 Å². The molecule has 1 aliphatic rings. The molecule has 2 unspecified atom stereocenters. The number of ether oxygens (including phenoxy) is 1. The highest BCUT2D eigenvalue weighted by Gasteiger charge is 2.32. The van der Waals surface area contributed by atoms with Gasteiger partial charge in [-0.15, -0.1) is 0 Å². The van der Waals surface area contributed by atoms with Gasteiger partial charge >= 0.3 is 5.97 Å². The molecule has 2 aromatic carbocycles. The third-order valence-corrected chi connectivity index (χ3v) is 6.15. The number of carbonyl (C=O) groups is 1. The zero-order valence-corrected chi connectivity index (χ0v) is 18.1. The van der Waals surface area contributed by atoms with Crippen LogP contribution in [0.25, 0.3) is 11.5 Å². The van der Waals surface area contributed by atoms with E-state index in [4.69, 9.17) is 9.15 Å². The Balaban J connectivity index is 1.36. The average molecular weight is 420 g/mol. The molecule has 5 heteroatoms. The lowest BCUT2D eigenvalue weighted by atomic mass is 9.86. The Labute approximate surface area is 183 Å². The molecular formula is C26H29NO4. The minimum atomic E-state index is -0.672. The molecule has 162 valence electrons. The van der Waals surface area contributed by atoms with Gasteiger partial charge < -0.3 is 14.3 Å². The van der Waals surface area contributed by atoms with Crippen molar-refractivity contribution in [2.45, 2.75) is 46.0 Å². The summed E-state index contributed by atoms with van der Waals surface area (Å²) in [5, 5.41) is 9.58. The molecular weight excluding hydrogens is 390 g/mol. The first-order valence-corrected chi connectivity index (χ1v) is 11.0. The first-order valence-electron chi connectivity index (χ1n) is 11.0. The quantitative estimate of drug-likeness (QED) is 0.497. The van der Waals surface area contributed by atoms with Crippen LogP contribution in [-0.2, 0) is 24.1 Å². The van der Waals surface area contributed by atoms with Gasteiger partial charge in [0.1, 0.15) is 11.5 Å². The van der Waals surface area contributed by atoms with Crippen LogP contribution in [0.3, 0.4) is 0 Å². The number of aliphatic carboxylic acids is 1. The summed E-state index contributed by atoms with van der Waals surface area (Å²) in [5.41, 5.74) is 4.34. The molecule has 4 rings (SSSR count). The first kappa shape index (κ1) is 21.2. The summed E-state index contributed by atoms with van der Waals surface area (Å²) in [4.78, 5) is 16.3. The van der Waals surface area contributed by atoms with E-state index in [1.807, 2.05) is 50.2 Å². The number of aromatic nitrogens is 1. The Morgan fingerprint density at radius 2 is 1.97 bits per heavy atom. The van der Waals surface area contributed by atoms with Crippen LogP contribution in [0.15, 0.2) is 52.9 Å². The molecule has 0 spiro atoms. The van der Waals surface area contributed by atoms with E-state index in [1.165, 1.54) is 11.1 Å². The number of rotatable bonds is 9. The molecule has 0 radical (unpaired) electrons. The maximum absolute atomic E-state index is 11.7. The summed E-state index contributed by atoms with van der Waals surface area (Å²) >= 11 is 0. The highest BCUT2D eigenvalue weighted by Crippen LogP contribution is 2.35. The third-order valence-electron chi connectivity index (χ3n) is 6.15. The number of aryl methyl sites for hydroxylation is 1. The summed E-state index contributed by atoms with van der Waals surface area (Å²) in [6.45, 7) is 4.49. The Bertz CT molecular complexity index is 1040. The molecule has 0 amide bonds. The number of hydrogen-bond acceptors (Lipinski definition) is 4. The van der Waals surface area contributed by atoms with Crippen LogP contribution in [0.5, 0.6) is 5.75 Å². The van der Waals surface area contributed by atoms with Gasteiger partial charge in [0.2, 0.25) is 5.89 Å². The van der Waals surface area contributed by atoms with Crippen molar-refractivity contribution in [3.8, 4) is 17.2 Å². The van der Waals surface area contributed by atoms with Crippen LogP contribution < -0.4 is 4.74 Å². The number of carboxylic acids is 1. The lowest BCUT2D eigenvalue weighted by Crippen LogP contribution is -2.24. The number of fused-ring (bicyclic) bond motifs is 1. The van der Waals surface area contributed by atoms with Crippen LogP contribution in [0.1, 0.15) is 42.3 Å². The van der Waals surface area contributed by atoms with Gasteiger partial charge in [0.15, 0.2) is 0 Å². The predicted molar refractivity (Wildman–Crippen MR) is 119 cm³/mol. The second-order valence-corrected chi connectivity index (χ2v) is 8.32. The fraction of sp³-hybridized carbons (Fsp3) is 0.385. The van der Waals surface area contributed by atoms with Gasteiger partial charge in [-0.25, -0.2) is 4.98 Å². The van der Waals surface area contributed by atoms with Crippen LogP contribution in [0.4, 0.5) is 0 Å². The maximum atomic E-state index is 11.7. The minimum absolute atomic E-state index is 0.178. The molecule has 0 saturated carbocycles. The Morgan fingerprint density at radius 1 is 1.19 bits per heavy atom. The van der Waals surface area contributed by atoms with Crippen molar-refractivity contribution < 1.29 is 19.1 Å². The van der Waals surface area contributed by atoms with Crippen molar-refractivity contribution in [1.82, 2.24) is 4.98 Å². The fourth-order valence-electron chi connectivity index (χ4n) is 4.50. The van der Waals surface area contributed by atoms with Crippen LogP contribution in [0, 0.1) is 18.8 Å². The summed E-state index contributed by atoms with van der Waals surface area (Å²) in [6, 6.07) is 16.0. The van der Waals surface area contributed by atoms with E-state index in [9.17, 15) is 9.90 Å². The van der Waals surface area contributed by atoms with Gasteiger partial charge in [-0.2, -0.15) is 0 Å². The van der Waals surface area contributed by atoms with Crippen molar-refractivity contribution in [2.75, 3.05) is 6.61 Å². The monoisotopic (exact) mass is 419 g/mol. The lowest BCUT2D eigenvalue weighted by Gasteiger charge is -2.18. The maximum Gasteiger partial charge on any atom is 0.306 e. The summed E-state index contributed by atoms with van der Waals surface area (Å²) in [7, 11) is 0. The molecule has 1 heterocycles. The fourth-order valence-corrected chi connectivity index (χ4v) is 4.50. The summed E-state index contributed by atoms with van der Waals surface area (Å²) in [5.74, 6) is 1.51. The largest absolute Gasteiger partial charge is 0.493 e. The Morgan fingerprint density at radius 3 is 2.71 bits per heavy atom. The highest BCUT2D eigenvalue weighted by molar-refractivity contribution is 5.70. The van der Waals surface area contributed by atoms with E-state index in [0.717, 1.165) is 48.5 Å². The molecule has 3 aromatic rings. The number of nitrogens with zero attached hydrogens (tertiary/aromatic N) is 1. The molecule has 2 atom stereocenters. The first-order chi connectivity index (χ1) is 15.0. The van der Waals surface area contributed by atoms with E-state index in [2.05, 4.69) is 17.1 Å². The van der Waals surface area contributed by atoms with E-state index in [-0.39, 0.29) is 11.8 Å². The van der Waals surface area contributed by atoms with Gasteiger partial charge in [-0.05, 0) is 67.5 Å². The van der Waals surface area contributed by atoms with Crippen molar-refractivity contribution >= 4 is 5.97 Å². The summed E-state index contributed by atoms with van der Waals surface area (Å²) in [6.07, 6.45) is 3.95. The number of carboxylic acid groups (broad SMARTS) is 1. The third kappa shape index (κ3) is 4.82. The molecule has 1 aliphatic carbocycles. The molecule has 0 fully saturated rings. The molecule has 1 N–H and O–H groups in total. The highest BCUT2D eigenvalue weighted by atomic mass is 16.5. The van der Waals surface area contributed by atoms with Crippen LogP contribution in [-0.4, -0.2) is 22.7 Å². The van der Waals surface area contributed by atoms with Crippen LogP contribution in [0.2, 0.25) is 0 Å². The second kappa shape index (κ2) is 9.38. The Hall–Kier alpha value is -3.08. The van der Waals surface area contributed by atoms with Crippen molar-refractivity contribution in [2.24, 2.45) is 11.8 Å². The van der Waals surface area contributed by atoms with Crippen molar-refractivity contribution in [3.63, 3.8) is 0 Å². The summed E-state index contributed by atoms with van der Waals surface area (Å²) < 4.78 is 11.8. The molecule has 1 aromatic heterocycles. The molecule has 0 saturated heterocycles. The lowest BCUT2D eigenvalue weighted by molar-refractivity contribution is -0.143. The molecule has 5 nitrogen and oxygen atoms in total. The second-order valence-electron chi connectivity index (χ2n) is 8.32. The van der Waals surface area contributed by atoms with Crippen molar-refractivity contribution in [1.29, 1.82) is 0 Å². The zero-order valence-electron chi connectivity index (χ0n) is 18.1. The number of hydrogen-bond donors (Lipinski definition) is 1. The smallest absolute Gasteiger partial charge is 0.306 e. The van der Waals surface area contributed by atoms with Crippen LogP contribution >= 0.6 is 0 Å². The minimum Gasteiger partial charge on any atom is -0.493 e. The molecule has 0 bridgehead atoms. The topological polar surface area (TPSA) is 72.6 Å². The van der Waals surface area contributed by atoms with Gasteiger partial charge in [0.25, 0.3) is 0 Å². The predicted octanol–water partition coefficient (Wildman–Crippen LogP) is 5.49. The van der Waals surface area contributed by atoms with E-state index in [0.29, 0.717) is 18.9 Å². The van der Waals surface area contributed by atoms with E-state index < -0.39 is 5.97 Å². The van der Waals surface area contributed by atoms with Gasteiger partial charge in [-0.1, -0.05) is 37.6 Å². The van der Waals surface area contributed by atoms with Gasteiger partial charge in [0.05, 0.1) is 18.2 Å².